The zero-order valence-corrected chi connectivity index (χ0v) is 17.6. The molecule has 1 aromatic heterocycles. The molecule has 1 aliphatic rings. The Morgan fingerprint density at radius 1 is 1.16 bits per heavy atom. The van der Waals surface area contributed by atoms with Crippen molar-refractivity contribution in [3.8, 4) is 5.88 Å². The van der Waals surface area contributed by atoms with Gasteiger partial charge in [-0.15, -0.1) is 10.2 Å². The number of fused-ring (bicyclic) bond motifs is 1. The number of azo groups is 1. The van der Waals surface area contributed by atoms with E-state index in [1.54, 1.807) is 12.1 Å². The van der Waals surface area contributed by atoms with Gasteiger partial charge in [0.1, 0.15) is 0 Å². The van der Waals surface area contributed by atoms with Crippen molar-refractivity contribution < 1.29 is 19.6 Å². The van der Waals surface area contributed by atoms with E-state index in [0.717, 1.165) is 24.0 Å². The van der Waals surface area contributed by atoms with Gasteiger partial charge in [-0.3, -0.25) is 9.36 Å². The lowest BCUT2D eigenvalue weighted by molar-refractivity contribution is -0.910. The number of amides is 1. The molecule has 1 saturated heterocycles. The van der Waals surface area contributed by atoms with Crippen LogP contribution in [0, 0.1) is 0 Å². The van der Waals surface area contributed by atoms with Gasteiger partial charge in [0.2, 0.25) is 5.88 Å². The molecular weight excluding hydrogens is 418 g/mol. The normalized spacial score (nSPS) is 14.9. The number of likely N-dealkylation sites (tertiary alicyclic amines) is 1. The molecule has 3 aromatic rings. The van der Waals surface area contributed by atoms with Crippen molar-refractivity contribution >= 4 is 40.3 Å². The molecule has 1 aliphatic heterocycles. The summed E-state index contributed by atoms with van der Waals surface area (Å²) in [6, 6.07) is 14.7. The zero-order valence-electron chi connectivity index (χ0n) is 16.9. The minimum atomic E-state index is -0.613. The molecule has 0 saturated carbocycles. The summed E-state index contributed by atoms with van der Waals surface area (Å²) in [5.41, 5.74) is 1.82. The number of halogens is 1. The van der Waals surface area contributed by atoms with E-state index in [1.165, 1.54) is 24.0 Å². The molecule has 8 nitrogen and oxygen atoms in total. The number of nitrogens with zero attached hydrogens (tertiary/aromatic N) is 4. The summed E-state index contributed by atoms with van der Waals surface area (Å²) in [5.74, 6) is -0.604. The maximum atomic E-state index is 12.0. The highest BCUT2D eigenvalue weighted by Crippen LogP contribution is 2.38. The molecule has 4 rings (SSSR count). The Labute approximate surface area is 184 Å². The quantitative estimate of drug-likeness (QED) is 0.335. The van der Waals surface area contributed by atoms with Crippen LogP contribution in [0.1, 0.15) is 18.4 Å². The van der Waals surface area contributed by atoms with Gasteiger partial charge in [0.05, 0.1) is 24.8 Å². The SMILES string of the molecule is O=C(CO/N=C\c1ccccc1Cl)N=Nc1c(O)n(C[NH+]2CCCC2)c2ccccc12. The van der Waals surface area contributed by atoms with Gasteiger partial charge in [-0.2, -0.15) is 0 Å². The van der Waals surface area contributed by atoms with E-state index in [4.69, 9.17) is 16.4 Å². The highest BCUT2D eigenvalue weighted by molar-refractivity contribution is 6.33. The van der Waals surface area contributed by atoms with E-state index >= 15 is 0 Å². The molecule has 2 N–H and O–H groups in total. The minimum absolute atomic E-state index is 0.00908. The monoisotopic (exact) mass is 440 g/mol. The van der Waals surface area contributed by atoms with Gasteiger partial charge in [0, 0.05) is 28.8 Å². The minimum Gasteiger partial charge on any atom is -0.493 e. The number of aromatic nitrogens is 1. The summed E-state index contributed by atoms with van der Waals surface area (Å²) in [5, 5.41) is 23.5. The van der Waals surface area contributed by atoms with E-state index in [2.05, 4.69) is 15.4 Å². The third kappa shape index (κ3) is 4.92. The summed E-state index contributed by atoms with van der Waals surface area (Å²) in [7, 11) is 0. The van der Waals surface area contributed by atoms with Crippen LogP contribution in [0.2, 0.25) is 5.02 Å². The predicted molar refractivity (Wildman–Crippen MR) is 118 cm³/mol. The van der Waals surface area contributed by atoms with Crippen molar-refractivity contribution in [2.45, 2.75) is 19.5 Å². The Hall–Kier alpha value is -3.23. The molecule has 2 heterocycles. The molecule has 0 aliphatic carbocycles. The first-order chi connectivity index (χ1) is 15.1. The number of rotatable bonds is 7. The van der Waals surface area contributed by atoms with Gasteiger partial charge >= 0.3 is 5.91 Å². The maximum Gasteiger partial charge on any atom is 0.304 e. The molecule has 1 amide bonds. The lowest BCUT2D eigenvalue weighted by atomic mass is 10.2. The second-order valence-corrected chi connectivity index (χ2v) is 7.76. The zero-order chi connectivity index (χ0) is 21.6. The Morgan fingerprint density at radius 2 is 1.90 bits per heavy atom. The van der Waals surface area contributed by atoms with Crippen LogP contribution in [0.5, 0.6) is 5.88 Å². The van der Waals surface area contributed by atoms with E-state index in [-0.39, 0.29) is 18.2 Å². The molecule has 0 radical (unpaired) electrons. The van der Waals surface area contributed by atoms with Crippen LogP contribution in [-0.2, 0) is 16.3 Å². The lowest BCUT2D eigenvalue weighted by Gasteiger charge is -2.14. The number of hydrogen-bond acceptors (Lipinski definition) is 5. The molecular formula is C22H23ClN5O3+. The second kappa shape index (κ2) is 9.72. The van der Waals surface area contributed by atoms with Crippen LogP contribution in [0.15, 0.2) is 63.9 Å². The van der Waals surface area contributed by atoms with Gasteiger partial charge in [-0.25, -0.2) is 0 Å². The largest absolute Gasteiger partial charge is 0.493 e. The predicted octanol–water partition coefficient (Wildman–Crippen LogP) is 3.30. The Kier molecular flexibility index (Phi) is 6.59. The van der Waals surface area contributed by atoms with Crippen LogP contribution < -0.4 is 4.90 Å². The van der Waals surface area contributed by atoms with E-state index in [9.17, 15) is 9.90 Å². The molecule has 0 unspecified atom stereocenters. The number of oxime groups is 1. The summed E-state index contributed by atoms with van der Waals surface area (Å²) >= 11 is 6.03. The van der Waals surface area contributed by atoms with Crippen molar-refractivity contribution in [3.05, 3.63) is 59.1 Å². The van der Waals surface area contributed by atoms with E-state index < -0.39 is 5.91 Å². The number of hydrogen-bond donors (Lipinski definition) is 2. The summed E-state index contributed by atoms with van der Waals surface area (Å²) in [4.78, 5) is 18.4. The van der Waals surface area contributed by atoms with Crippen molar-refractivity contribution in [2.24, 2.45) is 15.4 Å². The van der Waals surface area contributed by atoms with Gasteiger partial charge < -0.3 is 14.8 Å². The van der Waals surface area contributed by atoms with Crippen LogP contribution in [0.4, 0.5) is 5.69 Å². The summed E-state index contributed by atoms with van der Waals surface area (Å²) in [6.45, 7) is 2.43. The summed E-state index contributed by atoms with van der Waals surface area (Å²) in [6.07, 6.45) is 3.80. The number of aromatic hydroxyl groups is 1. The van der Waals surface area contributed by atoms with Crippen molar-refractivity contribution in [1.82, 2.24) is 4.57 Å². The molecule has 9 heteroatoms. The third-order valence-corrected chi connectivity index (χ3v) is 5.58. The van der Waals surface area contributed by atoms with Crippen LogP contribution in [-0.4, -0.2) is 41.5 Å². The fraction of sp³-hybridized carbons (Fsp3) is 0.273. The fourth-order valence-corrected chi connectivity index (χ4v) is 3.87. The number of nitrogens with one attached hydrogen (secondary N) is 1. The average molecular weight is 441 g/mol. The lowest BCUT2D eigenvalue weighted by Crippen LogP contribution is -3.09. The van der Waals surface area contributed by atoms with Gasteiger partial charge in [0.15, 0.2) is 19.0 Å². The van der Waals surface area contributed by atoms with E-state index in [0.29, 0.717) is 17.3 Å². The molecule has 1 fully saturated rings. The summed E-state index contributed by atoms with van der Waals surface area (Å²) < 4.78 is 1.83. The van der Waals surface area contributed by atoms with Crippen LogP contribution in [0.3, 0.4) is 0 Å². The average Bonchev–Trinajstić information content (AvgIpc) is 3.38. The Morgan fingerprint density at radius 3 is 2.71 bits per heavy atom. The van der Waals surface area contributed by atoms with E-state index in [1.807, 2.05) is 41.0 Å². The molecule has 0 bridgehead atoms. The van der Waals surface area contributed by atoms with Crippen molar-refractivity contribution in [1.29, 1.82) is 0 Å². The molecule has 0 spiro atoms. The molecule has 2 aromatic carbocycles. The number of quaternary nitrogens is 1. The second-order valence-electron chi connectivity index (χ2n) is 7.36. The van der Waals surface area contributed by atoms with Crippen molar-refractivity contribution in [3.63, 3.8) is 0 Å². The Bertz CT molecular complexity index is 1140. The smallest absolute Gasteiger partial charge is 0.304 e. The molecule has 31 heavy (non-hydrogen) atoms. The maximum absolute atomic E-state index is 12.0. The molecule has 0 atom stereocenters. The molecule has 160 valence electrons. The van der Waals surface area contributed by atoms with Crippen LogP contribution in [0.25, 0.3) is 10.9 Å². The number of para-hydroxylation sites is 1. The highest BCUT2D eigenvalue weighted by Gasteiger charge is 2.22. The van der Waals surface area contributed by atoms with Gasteiger partial charge in [0.25, 0.3) is 0 Å². The fourth-order valence-electron chi connectivity index (χ4n) is 3.69. The number of carbonyl (C=O) groups is 1. The first-order valence-corrected chi connectivity index (χ1v) is 10.5. The topological polar surface area (TPSA) is 93.0 Å². The van der Waals surface area contributed by atoms with Gasteiger partial charge in [-0.05, 0) is 12.1 Å². The van der Waals surface area contributed by atoms with Crippen molar-refractivity contribution in [2.75, 3.05) is 19.7 Å². The van der Waals surface area contributed by atoms with Crippen LogP contribution >= 0.6 is 11.6 Å². The first kappa shape index (κ1) is 21.0. The number of benzene rings is 2. The van der Waals surface area contributed by atoms with Gasteiger partial charge in [-0.1, -0.05) is 53.2 Å². The first-order valence-electron chi connectivity index (χ1n) is 10.1. The number of carbonyl (C=O) groups excluding carboxylic acids is 1. The third-order valence-electron chi connectivity index (χ3n) is 5.23. The standard InChI is InChI=1S/C22H22ClN5O3/c23-18-9-3-1-7-16(18)13-24-31-14-20(29)25-26-21-17-8-2-4-10-19(17)28(22(21)30)15-27-11-5-6-12-27/h1-4,7-10,13,30H,5-6,11-12,14-15H2/p+1/b24-13-,26-25?. The highest BCUT2D eigenvalue weighted by atomic mass is 35.5. The Balaban J connectivity index is 1.44.